The quantitative estimate of drug-likeness (QED) is 0.626. The Morgan fingerprint density at radius 1 is 1.25 bits per heavy atom. The number of fused-ring (bicyclic) bond motifs is 1. The lowest BCUT2D eigenvalue weighted by Crippen LogP contribution is -2.15. The predicted octanol–water partition coefficient (Wildman–Crippen LogP) is 2.54. The highest BCUT2D eigenvalue weighted by Gasteiger charge is 2.14. The van der Waals surface area contributed by atoms with E-state index in [-0.39, 0.29) is 11.3 Å². The highest BCUT2D eigenvalue weighted by atomic mass is 19.1. The van der Waals surface area contributed by atoms with Gasteiger partial charge >= 0.3 is 0 Å². The van der Waals surface area contributed by atoms with Gasteiger partial charge in [0.2, 0.25) is 0 Å². The average Bonchev–Trinajstić information content (AvgIpc) is 2.91. The van der Waals surface area contributed by atoms with Crippen molar-refractivity contribution in [2.24, 2.45) is 0 Å². The molecule has 0 atom stereocenters. The Hall–Kier alpha value is -2.89. The van der Waals surface area contributed by atoms with E-state index in [2.05, 4.69) is 15.5 Å². The Bertz CT molecular complexity index is 797. The number of carbonyl (C=O) groups excluding carboxylic acids is 1. The Morgan fingerprint density at radius 3 is 2.90 bits per heavy atom. The van der Waals surface area contributed by atoms with Gasteiger partial charge in [0.15, 0.2) is 0 Å². The van der Waals surface area contributed by atoms with E-state index in [0.29, 0.717) is 11.2 Å². The molecule has 1 amide bonds. The lowest BCUT2D eigenvalue weighted by atomic mass is 10.1. The highest BCUT2D eigenvalue weighted by molar-refractivity contribution is 6.10. The number of aromatic amines is 1. The number of hydrogen-bond donors (Lipinski definition) is 3. The molecule has 0 saturated heterocycles. The number of nitrogens with two attached hydrogens (primary N) is 1. The van der Waals surface area contributed by atoms with Crippen molar-refractivity contribution in [2.45, 2.75) is 0 Å². The molecule has 0 fully saturated rings. The number of nitrogen functional groups attached to an aromatic ring is 1. The number of nitrogens with zero attached hydrogens (tertiary/aromatic N) is 1. The van der Waals surface area contributed by atoms with E-state index in [4.69, 9.17) is 5.73 Å². The number of amides is 1. The molecule has 4 N–H and O–H groups in total. The van der Waals surface area contributed by atoms with Crippen molar-refractivity contribution in [2.75, 3.05) is 11.1 Å². The molecular weight excluding hydrogens is 259 g/mol. The van der Waals surface area contributed by atoms with Crippen molar-refractivity contribution in [3.05, 3.63) is 54.0 Å². The molecule has 0 unspecified atom stereocenters. The molecule has 0 spiro atoms. The summed E-state index contributed by atoms with van der Waals surface area (Å²) in [6.07, 6.45) is 1.65. The number of halogens is 1. The van der Waals surface area contributed by atoms with E-state index in [0.717, 1.165) is 5.39 Å². The lowest BCUT2D eigenvalue weighted by molar-refractivity contribution is 0.102. The lowest BCUT2D eigenvalue weighted by Gasteiger charge is -2.08. The van der Waals surface area contributed by atoms with Crippen molar-refractivity contribution in [1.82, 2.24) is 10.2 Å². The maximum absolute atomic E-state index is 13.4. The molecule has 20 heavy (non-hydrogen) atoms. The molecule has 0 radical (unpaired) electrons. The Balaban J connectivity index is 1.97. The molecule has 2 aromatic carbocycles. The van der Waals surface area contributed by atoms with Crippen LogP contribution in [-0.4, -0.2) is 16.1 Å². The minimum atomic E-state index is -0.614. The number of nitrogens with one attached hydrogen (secondary N) is 2. The molecule has 6 heteroatoms. The highest BCUT2D eigenvalue weighted by Crippen LogP contribution is 2.22. The third-order valence-electron chi connectivity index (χ3n) is 3.02. The van der Waals surface area contributed by atoms with Crippen LogP contribution in [0.3, 0.4) is 0 Å². The monoisotopic (exact) mass is 270 g/mol. The number of carbonyl (C=O) groups is 1. The third kappa shape index (κ3) is 1.97. The van der Waals surface area contributed by atoms with Crippen molar-refractivity contribution >= 4 is 28.2 Å². The summed E-state index contributed by atoms with van der Waals surface area (Å²) < 4.78 is 13.4. The number of benzene rings is 2. The maximum atomic E-state index is 13.4. The topological polar surface area (TPSA) is 83.8 Å². The fraction of sp³-hybridized carbons (Fsp3) is 0. The van der Waals surface area contributed by atoms with E-state index < -0.39 is 11.7 Å². The van der Waals surface area contributed by atoms with Gasteiger partial charge < -0.3 is 11.1 Å². The van der Waals surface area contributed by atoms with Gasteiger partial charge in [-0.05, 0) is 18.2 Å². The second kappa shape index (κ2) is 4.65. The molecule has 100 valence electrons. The van der Waals surface area contributed by atoms with Gasteiger partial charge in [-0.15, -0.1) is 0 Å². The largest absolute Gasteiger partial charge is 0.396 e. The van der Waals surface area contributed by atoms with Gasteiger partial charge in [-0.1, -0.05) is 18.2 Å². The van der Waals surface area contributed by atoms with Crippen molar-refractivity contribution < 1.29 is 9.18 Å². The van der Waals surface area contributed by atoms with E-state index in [1.165, 1.54) is 18.2 Å². The SMILES string of the molecule is Nc1c(F)cccc1C(=O)Nc1cccc2cn[nH]c12. The minimum Gasteiger partial charge on any atom is -0.396 e. The first-order valence-electron chi connectivity index (χ1n) is 5.94. The molecule has 0 bridgehead atoms. The van der Waals surface area contributed by atoms with Crippen LogP contribution in [0.5, 0.6) is 0 Å². The smallest absolute Gasteiger partial charge is 0.257 e. The van der Waals surface area contributed by atoms with Crippen LogP contribution in [0.15, 0.2) is 42.6 Å². The van der Waals surface area contributed by atoms with Crippen LogP contribution in [0.25, 0.3) is 10.9 Å². The first kappa shape index (κ1) is 12.2. The summed E-state index contributed by atoms with van der Waals surface area (Å²) in [7, 11) is 0. The van der Waals surface area contributed by atoms with E-state index >= 15 is 0 Å². The van der Waals surface area contributed by atoms with E-state index in [1.807, 2.05) is 6.07 Å². The molecule has 0 saturated carbocycles. The zero-order valence-electron chi connectivity index (χ0n) is 10.4. The van der Waals surface area contributed by atoms with Gasteiger partial charge in [-0.25, -0.2) is 4.39 Å². The summed E-state index contributed by atoms with van der Waals surface area (Å²) in [5.74, 6) is -1.08. The number of anilines is 2. The molecule has 1 heterocycles. The normalized spacial score (nSPS) is 10.7. The van der Waals surface area contributed by atoms with Crippen LogP contribution in [0.1, 0.15) is 10.4 Å². The summed E-state index contributed by atoms with van der Waals surface area (Å²) in [5.41, 5.74) is 6.78. The van der Waals surface area contributed by atoms with Crippen LogP contribution in [-0.2, 0) is 0 Å². The van der Waals surface area contributed by atoms with Crippen molar-refractivity contribution in [3.8, 4) is 0 Å². The zero-order valence-corrected chi connectivity index (χ0v) is 10.4. The number of H-pyrrole nitrogens is 1. The summed E-state index contributed by atoms with van der Waals surface area (Å²) in [6, 6.07) is 9.52. The van der Waals surface area contributed by atoms with Gasteiger partial charge in [0, 0.05) is 5.39 Å². The molecule has 0 aliphatic carbocycles. The predicted molar refractivity (Wildman–Crippen MR) is 74.9 cm³/mol. The molecule has 0 aliphatic rings. The summed E-state index contributed by atoms with van der Waals surface area (Å²) >= 11 is 0. The Kier molecular flexibility index (Phi) is 2.83. The molecule has 3 aromatic rings. The summed E-state index contributed by atoms with van der Waals surface area (Å²) in [4.78, 5) is 12.2. The Morgan fingerprint density at radius 2 is 2.05 bits per heavy atom. The second-order valence-electron chi connectivity index (χ2n) is 4.29. The zero-order chi connectivity index (χ0) is 14.1. The number of rotatable bonds is 2. The first-order valence-corrected chi connectivity index (χ1v) is 5.94. The van der Waals surface area contributed by atoms with E-state index in [9.17, 15) is 9.18 Å². The molecule has 0 aliphatic heterocycles. The maximum Gasteiger partial charge on any atom is 0.257 e. The van der Waals surface area contributed by atoms with Gasteiger partial charge in [0.05, 0.1) is 28.7 Å². The summed E-state index contributed by atoms with van der Waals surface area (Å²) in [5, 5.41) is 10.3. The molecular formula is C14H11FN4O. The fourth-order valence-electron chi connectivity index (χ4n) is 2.00. The van der Waals surface area contributed by atoms with Crippen LogP contribution in [0, 0.1) is 5.82 Å². The fourth-order valence-corrected chi connectivity index (χ4v) is 2.00. The van der Waals surface area contributed by atoms with Crippen molar-refractivity contribution in [3.63, 3.8) is 0 Å². The molecule has 3 rings (SSSR count). The van der Waals surface area contributed by atoms with Crippen LogP contribution in [0.4, 0.5) is 15.8 Å². The van der Waals surface area contributed by atoms with Gasteiger partial charge in [-0.3, -0.25) is 9.89 Å². The van der Waals surface area contributed by atoms with Crippen LogP contribution >= 0.6 is 0 Å². The van der Waals surface area contributed by atoms with Gasteiger partial charge in [-0.2, -0.15) is 5.10 Å². The van der Waals surface area contributed by atoms with Crippen molar-refractivity contribution in [1.29, 1.82) is 0 Å². The van der Waals surface area contributed by atoms with E-state index in [1.54, 1.807) is 18.3 Å². The number of para-hydroxylation sites is 2. The summed E-state index contributed by atoms with van der Waals surface area (Å²) in [6.45, 7) is 0. The third-order valence-corrected chi connectivity index (χ3v) is 3.02. The molecule has 1 aromatic heterocycles. The number of aromatic nitrogens is 2. The second-order valence-corrected chi connectivity index (χ2v) is 4.29. The van der Waals surface area contributed by atoms with Crippen LogP contribution in [0.2, 0.25) is 0 Å². The average molecular weight is 270 g/mol. The standard InChI is InChI=1S/C14H11FN4O/c15-10-5-2-4-9(12(10)16)14(20)18-11-6-1-3-8-7-17-19-13(8)11/h1-7H,16H2,(H,17,19)(H,18,20). The first-order chi connectivity index (χ1) is 9.66. The van der Waals surface area contributed by atoms with Gasteiger partial charge in [0.25, 0.3) is 5.91 Å². The Labute approximate surface area is 113 Å². The van der Waals surface area contributed by atoms with Crippen LogP contribution < -0.4 is 11.1 Å². The van der Waals surface area contributed by atoms with Gasteiger partial charge in [0.1, 0.15) is 5.82 Å². The minimum absolute atomic E-state index is 0.0986. The number of hydrogen-bond acceptors (Lipinski definition) is 3. The molecule has 5 nitrogen and oxygen atoms in total.